The Morgan fingerprint density at radius 2 is 1.50 bits per heavy atom. The summed E-state index contributed by atoms with van der Waals surface area (Å²) in [6.45, 7) is 3.69. The molecule has 7 heteroatoms. The van der Waals surface area contributed by atoms with Crippen LogP contribution in [0.15, 0.2) is 12.1 Å². The molecule has 7 nitrogen and oxygen atoms in total. The van der Waals surface area contributed by atoms with Gasteiger partial charge in [-0.25, -0.2) is 0 Å². The van der Waals surface area contributed by atoms with Crippen LogP contribution in [-0.2, 0) is 4.79 Å². The highest BCUT2D eigenvalue weighted by Gasteiger charge is 2.25. The number of nitrogens with zero attached hydrogens (tertiary/aromatic N) is 2. The van der Waals surface area contributed by atoms with E-state index in [1.54, 1.807) is 9.80 Å². The smallest absolute Gasteiger partial charge is 0.254 e. The molecule has 0 radical (unpaired) electrons. The van der Waals surface area contributed by atoms with E-state index in [0.29, 0.717) is 32.6 Å². The first-order chi connectivity index (χ1) is 10.4. The van der Waals surface area contributed by atoms with Crippen molar-refractivity contribution >= 4 is 11.8 Å². The molecule has 1 fully saturated rings. The standard InChI is InChI=1S/C15H20N2O5/c1-2-3-13(20)16-4-6-17(7-5-16)15(22)10-8-11(18)14(21)12(19)9-10/h8-9,18-19,21H,2-7H2,1H3. The molecule has 0 atom stereocenters. The number of phenolic OH excluding ortho intramolecular Hbond substituents is 3. The molecule has 1 aromatic rings. The van der Waals surface area contributed by atoms with Crippen LogP contribution < -0.4 is 0 Å². The van der Waals surface area contributed by atoms with Crippen molar-refractivity contribution in [3.8, 4) is 17.2 Å². The highest BCUT2D eigenvalue weighted by molar-refractivity contribution is 5.95. The van der Waals surface area contributed by atoms with Crippen molar-refractivity contribution in [2.75, 3.05) is 26.2 Å². The number of carbonyl (C=O) groups excluding carboxylic acids is 2. The highest BCUT2D eigenvalue weighted by atomic mass is 16.3. The molecule has 120 valence electrons. The van der Waals surface area contributed by atoms with Gasteiger partial charge in [0.1, 0.15) is 0 Å². The lowest BCUT2D eigenvalue weighted by Gasteiger charge is -2.35. The van der Waals surface area contributed by atoms with E-state index in [1.807, 2.05) is 6.92 Å². The third kappa shape index (κ3) is 3.24. The number of aromatic hydroxyl groups is 3. The second-order valence-electron chi connectivity index (χ2n) is 5.29. The number of hydrogen-bond acceptors (Lipinski definition) is 5. The van der Waals surface area contributed by atoms with Gasteiger partial charge in [-0.2, -0.15) is 0 Å². The van der Waals surface area contributed by atoms with Crippen LogP contribution in [0.4, 0.5) is 0 Å². The molecule has 1 heterocycles. The molecule has 1 aliphatic heterocycles. The van der Waals surface area contributed by atoms with E-state index in [9.17, 15) is 24.9 Å². The third-order valence-electron chi connectivity index (χ3n) is 3.70. The Balaban J connectivity index is 2.02. The van der Waals surface area contributed by atoms with E-state index in [2.05, 4.69) is 0 Å². The summed E-state index contributed by atoms with van der Waals surface area (Å²) in [4.78, 5) is 27.4. The van der Waals surface area contributed by atoms with Crippen molar-refractivity contribution in [1.29, 1.82) is 0 Å². The normalized spacial score (nSPS) is 15.0. The van der Waals surface area contributed by atoms with Crippen LogP contribution >= 0.6 is 0 Å². The summed E-state index contributed by atoms with van der Waals surface area (Å²) >= 11 is 0. The number of benzene rings is 1. The SMILES string of the molecule is CCCC(=O)N1CCN(C(=O)c2cc(O)c(O)c(O)c2)CC1. The fourth-order valence-corrected chi connectivity index (χ4v) is 2.44. The number of rotatable bonds is 3. The minimum atomic E-state index is -0.647. The Kier molecular flexibility index (Phi) is 4.75. The topological polar surface area (TPSA) is 101 Å². The largest absolute Gasteiger partial charge is 0.504 e. The van der Waals surface area contributed by atoms with Gasteiger partial charge in [0.15, 0.2) is 17.2 Å². The molecule has 2 rings (SSSR count). The van der Waals surface area contributed by atoms with Crippen LogP contribution in [0.1, 0.15) is 30.1 Å². The predicted octanol–water partition coefficient (Wildman–Crippen LogP) is 0.888. The number of carbonyl (C=O) groups is 2. The summed E-state index contributed by atoms with van der Waals surface area (Å²) in [5.41, 5.74) is 0.0983. The van der Waals surface area contributed by atoms with Crippen LogP contribution in [0.25, 0.3) is 0 Å². The van der Waals surface area contributed by atoms with Crippen molar-refractivity contribution in [3.63, 3.8) is 0 Å². The lowest BCUT2D eigenvalue weighted by atomic mass is 10.1. The van der Waals surface area contributed by atoms with Gasteiger partial charge in [0.2, 0.25) is 5.91 Å². The van der Waals surface area contributed by atoms with Crippen molar-refractivity contribution in [3.05, 3.63) is 17.7 Å². The van der Waals surface area contributed by atoms with Crippen molar-refractivity contribution in [2.24, 2.45) is 0 Å². The number of amides is 2. The van der Waals surface area contributed by atoms with Gasteiger partial charge < -0.3 is 25.1 Å². The number of phenols is 3. The lowest BCUT2D eigenvalue weighted by molar-refractivity contribution is -0.132. The summed E-state index contributed by atoms with van der Waals surface area (Å²) in [6.07, 6.45) is 1.30. The maximum Gasteiger partial charge on any atom is 0.254 e. The van der Waals surface area contributed by atoms with Crippen LogP contribution in [-0.4, -0.2) is 63.1 Å². The average Bonchev–Trinajstić information content (AvgIpc) is 2.51. The van der Waals surface area contributed by atoms with E-state index in [1.165, 1.54) is 0 Å². The van der Waals surface area contributed by atoms with Gasteiger partial charge in [-0.1, -0.05) is 6.92 Å². The fraction of sp³-hybridized carbons (Fsp3) is 0.467. The summed E-state index contributed by atoms with van der Waals surface area (Å²) in [6, 6.07) is 2.23. The van der Waals surface area contributed by atoms with Crippen LogP contribution in [0, 0.1) is 0 Å². The van der Waals surface area contributed by atoms with Gasteiger partial charge in [0.05, 0.1) is 0 Å². The maximum atomic E-state index is 12.3. The molecule has 2 amide bonds. The quantitative estimate of drug-likeness (QED) is 0.720. The molecular weight excluding hydrogens is 288 g/mol. The third-order valence-corrected chi connectivity index (χ3v) is 3.70. The second-order valence-corrected chi connectivity index (χ2v) is 5.29. The Hall–Kier alpha value is -2.44. The van der Waals surface area contributed by atoms with E-state index in [4.69, 9.17) is 0 Å². The van der Waals surface area contributed by atoms with Crippen molar-refractivity contribution in [1.82, 2.24) is 9.80 Å². The number of piperazine rings is 1. The van der Waals surface area contributed by atoms with Crippen LogP contribution in [0.5, 0.6) is 17.2 Å². The first kappa shape index (κ1) is 15.9. The molecule has 1 saturated heterocycles. The van der Waals surface area contributed by atoms with Crippen LogP contribution in [0.2, 0.25) is 0 Å². The zero-order valence-electron chi connectivity index (χ0n) is 12.4. The zero-order valence-corrected chi connectivity index (χ0v) is 12.4. The second kappa shape index (κ2) is 6.55. The summed E-state index contributed by atoms with van der Waals surface area (Å²) in [5, 5.41) is 28.2. The molecule has 1 aliphatic rings. The molecule has 22 heavy (non-hydrogen) atoms. The van der Waals surface area contributed by atoms with E-state index in [-0.39, 0.29) is 17.4 Å². The predicted molar refractivity (Wildman–Crippen MR) is 78.8 cm³/mol. The molecule has 1 aromatic carbocycles. The Morgan fingerprint density at radius 3 is 2.00 bits per heavy atom. The Morgan fingerprint density at radius 1 is 1.00 bits per heavy atom. The van der Waals surface area contributed by atoms with Gasteiger partial charge >= 0.3 is 0 Å². The van der Waals surface area contributed by atoms with Crippen LogP contribution in [0.3, 0.4) is 0 Å². The molecule has 0 unspecified atom stereocenters. The van der Waals surface area contributed by atoms with Crippen molar-refractivity contribution in [2.45, 2.75) is 19.8 Å². The molecular formula is C15H20N2O5. The summed E-state index contributed by atoms with van der Waals surface area (Å²) in [7, 11) is 0. The lowest BCUT2D eigenvalue weighted by Crippen LogP contribution is -2.50. The minimum Gasteiger partial charge on any atom is -0.504 e. The van der Waals surface area contributed by atoms with E-state index in [0.717, 1.165) is 18.6 Å². The molecule has 0 aliphatic carbocycles. The molecule has 0 spiro atoms. The van der Waals surface area contributed by atoms with Gasteiger partial charge in [-0.05, 0) is 18.6 Å². The van der Waals surface area contributed by atoms with Gasteiger partial charge in [-0.15, -0.1) is 0 Å². The molecule has 0 aromatic heterocycles. The van der Waals surface area contributed by atoms with E-state index >= 15 is 0 Å². The first-order valence-corrected chi connectivity index (χ1v) is 7.26. The summed E-state index contributed by atoms with van der Waals surface area (Å²) in [5.74, 6) is -1.99. The van der Waals surface area contributed by atoms with Gasteiger partial charge in [-0.3, -0.25) is 9.59 Å². The molecule has 0 bridgehead atoms. The minimum absolute atomic E-state index is 0.0921. The maximum absolute atomic E-state index is 12.3. The van der Waals surface area contributed by atoms with Gasteiger partial charge in [0.25, 0.3) is 5.91 Å². The highest BCUT2D eigenvalue weighted by Crippen LogP contribution is 2.35. The average molecular weight is 308 g/mol. The number of hydrogen-bond donors (Lipinski definition) is 3. The Labute approximate surface area is 128 Å². The molecule has 0 saturated carbocycles. The monoisotopic (exact) mass is 308 g/mol. The van der Waals surface area contributed by atoms with E-state index < -0.39 is 17.2 Å². The zero-order chi connectivity index (χ0) is 16.3. The Bertz CT molecular complexity index is 556. The molecule has 3 N–H and O–H groups in total. The fourth-order valence-electron chi connectivity index (χ4n) is 2.44. The van der Waals surface area contributed by atoms with Gasteiger partial charge in [0, 0.05) is 38.2 Å². The first-order valence-electron chi connectivity index (χ1n) is 7.26. The van der Waals surface area contributed by atoms with Crippen molar-refractivity contribution < 1.29 is 24.9 Å². The summed E-state index contributed by atoms with van der Waals surface area (Å²) < 4.78 is 0.